The molecule has 4 nitrogen and oxygen atoms in total. The Morgan fingerprint density at radius 2 is 2.29 bits per heavy atom. The summed E-state index contributed by atoms with van der Waals surface area (Å²) in [6, 6.07) is 4.86. The summed E-state index contributed by atoms with van der Waals surface area (Å²) in [7, 11) is 0. The molecule has 1 fully saturated rings. The first-order valence-corrected chi connectivity index (χ1v) is 7.65. The van der Waals surface area contributed by atoms with Crippen LogP contribution in [-0.2, 0) is 4.79 Å². The lowest BCUT2D eigenvalue weighted by Gasteiger charge is -2.33. The molecule has 1 unspecified atom stereocenters. The predicted molar refractivity (Wildman–Crippen MR) is 83.6 cm³/mol. The summed E-state index contributed by atoms with van der Waals surface area (Å²) in [5.74, 6) is -0.516. The van der Waals surface area contributed by atoms with E-state index in [0.717, 1.165) is 19.5 Å². The highest BCUT2D eigenvalue weighted by Crippen LogP contribution is 2.18. The van der Waals surface area contributed by atoms with Crippen molar-refractivity contribution in [3.8, 4) is 0 Å². The van der Waals surface area contributed by atoms with Crippen molar-refractivity contribution >= 4 is 17.3 Å². The Balaban J connectivity index is 1.73. The van der Waals surface area contributed by atoms with Crippen LogP contribution in [0.3, 0.4) is 0 Å². The molecule has 1 aromatic carbocycles. The molecule has 0 saturated carbocycles. The normalized spacial score (nSPS) is 19.4. The SMILES string of the molecule is CC1CCCCN1CCCC(=O)Nc1ccc(F)c(N)c1. The molecule has 116 valence electrons. The quantitative estimate of drug-likeness (QED) is 0.821. The van der Waals surface area contributed by atoms with Crippen LogP contribution in [0.15, 0.2) is 18.2 Å². The minimum Gasteiger partial charge on any atom is -0.396 e. The van der Waals surface area contributed by atoms with Gasteiger partial charge in [0.1, 0.15) is 5.82 Å². The van der Waals surface area contributed by atoms with Gasteiger partial charge in [0, 0.05) is 18.2 Å². The number of benzene rings is 1. The van der Waals surface area contributed by atoms with E-state index in [1.54, 1.807) is 0 Å². The molecule has 1 heterocycles. The molecule has 1 atom stereocenters. The van der Waals surface area contributed by atoms with E-state index in [4.69, 9.17) is 5.73 Å². The third-order valence-corrected chi connectivity index (χ3v) is 4.07. The summed E-state index contributed by atoms with van der Waals surface area (Å²) >= 11 is 0. The number of rotatable bonds is 5. The highest BCUT2D eigenvalue weighted by Gasteiger charge is 2.17. The molecule has 1 aromatic rings. The number of anilines is 2. The molecule has 0 aromatic heterocycles. The van der Waals surface area contributed by atoms with Crippen LogP contribution in [0, 0.1) is 5.82 Å². The lowest BCUT2D eigenvalue weighted by molar-refractivity contribution is -0.116. The number of piperidine rings is 1. The van der Waals surface area contributed by atoms with Crippen molar-refractivity contribution in [3.63, 3.8) is 0 Å². The molecule has 1 aliphatic heterocycles. The number of amides is 1. The van der Waals surface area contributed by atoms with Crippen LogP contribution in [0.25, 0.3) is 0 Å². The van der Waals surface area contributed by atoms with Gasteiger partial charge in [0.15, 0.2) is 0 Å². The van der Waals surface area contributed by atoms with Gasteiger partial charge in [0.05, 0.1) is 5.69 Å². The molecule has 3 N–H and O–H groups in total. The van der Waals surface area contributed by atoms with E-state index in [2.05, 4.69) is 17.1 Å². The molecule has 0 spiro atoms. The number of nitrogens with two attached hydrogens (primary N) is 1. The van der Waals surface area contributed by atoms with E-state index in [9.17, 15) is 9.18 Å². The molecule has 0 bridgehead atoms. The van der Waals surface area contributed by atoms with Gasteiger partial charge in [-0.25, -0.2) is 4.39 Å². The Hall–Kier alpha value is -1.62. The van der Waals surface area contributed by atoms with Gasteiger partial charge >= 0.3 is 0 Å². The Morgan fingerprint density at radius 3 is 3.00 bits per heavy atom. The van der Waals surface area contributed by atoms with Crippen LogP contribution in [0.5, 0.6) is 0 Å². The van der Waals surface area contributed by atoms with Crippen LogP contribution >= 0.6 is 0 Å². The summed E-state index contributed by atoms with van der Waals surface area (Å²) in [6.07, 6.45) is 5.13. The zero-order valence-corrected chi connectivity index (χ0v) is 12.6. The highest BCUT2D eigenvalue weighted by molar-refractivity contribution is 5.91. The van der Waals surface area contributed by atoms with E-state index < -0.39 is 5.82 Å². The van der Waals surface area contributed by atoms with Crippen molar-refractivity contribution in [1.29, 1.82) is 0 Å². The van der Waals surface area contributed by atoms with Crippen molar-refractivity contribution < 1.29 is 9.18 Å². The van der Waals surface area contributed by atoms with E-state index >= 15 is 0 Å². The largest absolute Gasteiger partial charge is 0.396 e. The smallest absolute Gasteiger partial charge is 0.224 e. The van der Waals surface area contributed by atoms with Gasteiger partial charge in [-0.1, -0.05) is 6.42 Å². The molecular weight excluding hydrogens is 269 g/mol. The van der Waals surface area contributed by atoms with Crippen LogP contribution in [0.2, 0.25) is 0 Å². The Kier molecular flexibility index (Phi) is 5.56. The summed E-state index contributed by atoms with van der Waals surface area (Å²) in [4.78, 5) is 14.3. The molecule has 21 heavy (non-hydrogen) atoms. The Bertz CT molecular complexity index is 492. The molecule has 1 amide bonds. The first-order valence-electron chi connectivity index (χ1n) is 7.65. The lowest BCUT2D eigenvalue weighted by atomic mass is 10.0. The predicted octanol–water partition coefficient (Wildman–Crippen LogP) is 3.00. The monoisotopic (exact) mass is 293 g/mol. The Labute approximate surface area is 125 Å². The fraction of sp³-hybridized carbons (Fsp3) is 0.562. The van der Waals surface area contributed by atoms with Gasteiger partial charge in [0.2, 0.25) is 5.91 Å². The second-order valence-electron chi connectivity index (χ2n) is 5.77. The van der Waals surface area contributed by atoms with Crippen molar-refractivity contribution in [2.45, 2.75) is 45.1 Å². The van der Waals surface area contributed by atoms with E-state index in [1.165, 1.54) is 37.5 Å². The average Bonchev–Trinajstić information content (AvgIpc) is 2.45. The first-order chi connectivity index (χ1) is 10.1. The average molecular weight is 293 g/mol. The molecule has 1 saturated heterocycles. The van der Waals surface area contributed by atoms with E-state index in [1.807, 2.05) is 0 Å². The van der Waals surface area contributed by atoms with Crippen LogP contribution in [0.4, 0.5) is 15.8 Å². The number of likely N-dealkylation sites (tertiary alicyclic amines) is 1. The van der Waals surface area contributed by atoms with Crippen molar-refractivity contribution in [1.82, 2.24) is 4.90 Å². The maximum atomic E-state index is 13.0. The molecule has 0 aliphatic carbocycles. The third kappa shape index (κ3) is 4.70. The van der Waals surface area contributed by atoms with Crippen molar-refractivity contribution in [3.05, 3.63) is 24.0 Å². The third-order valence-electron chi connectivity index (χ3n) is 4.07. The number of hydrogen-bond acceptors (Lipinski definition) is 3. The maximum absolute atomic E-state index is 13.0. The number of nitrogens with one attached hydrogen (secondary N) is 1. The number of carbonyl (C=O) groups is 1. The second kappa shape index (κ2) is 7.41. The van der Waals surface area contributed by atoms with E-state index in [-0.39, 0.29) is 11.6 Å². The zero-order valence-electron chi connectivity index (χ0n) is 12.6. The van der Waals surface area contributed by atoms with Crippen LogP contribution in [0.1, 0.15) is 39.0 Å². The summed E-state index contributed by atoms with van der Waals surface area (Å²) in [5.41, 5.74) is 6.07. The van der Waals surface area contributed by atoms with Gasteiger partial charge in [-0.2, -0.15) is 0 Å². The number of carbonyl (C=O) groups excluding carboxylic acids is 1. The fourth-order valence-electron chi connectivity index (χ4n) is 2.78. The molecule has 2 rings (SSSR count). The number of nitrogen functional groups attached to an aromatic ring is 1. The van der Waals surface area contributed by atoms with Crippen LogP contribution < -0.4 is 11.1 Å². The molecule has 5 heteroatoms. The second-order valence-corrected chi connectivity index (χ2v) is 5.77. The first kappa shape index (κ1) is 15.8. The van der Waals surface area contributed by atoms with E-state index in [0.29, 0.717) is 18.2 Å². The van der Waals surface area contributed by atoms with Crippen LogP contribution in [-0.4, -0.2) is 29.9 Å². The summed E-state index contributed by atoms with van der Waals surface area (Å²) in [6.45, 7) is 4.35. The molecular formula is C16H24FN3O. The maximum Gasteiger partial charge on any atom is 0.224 e. The van der Waals surface area contributed by atoms with Gasteiger partial charge in [-0.15, -0.1) is 0 Å². The lowest BCUT2D eigenvalue weighted by Crippen LogP contribution is -2.38. The fourth-order valence-corrected chi connectivity index (χ4v) is 2.78. The minimum atomic E-state index is -0.466. The number of nitrogens with zero attached hydrogens (tertiary/aromatic N) is 1. The summed E-state index contributed by atoms with van der Waals surface area (Å²) < 4.78 is 13.0. The topological polar surface area (TPSA) is 58.4 Å². The number of hydrogen-bond donors (Lipinski definition) is 2. The molecule has 1 aliphatic rings. The number of halogens is 1. The van der Waals surface area contributed by atoms with Crippen molar-refractivity contribution in [2.75, 3.05) is 24.1 Å². The van der Waals surface area contributed by atoms with Gasteiger partial charge < -0.3 is 16.0 Å². The molecule has 0 radical (unpaired) electrons. The van der Waals surface area contributed by atoms with Gasteiger partial charge in [0.25, 0.3) is 0 Å². The highest BCUT2D eigenvalue weighted by atomic mass is 19.1. The van der Waals surface area contributed by atoms with Gasteiger partial charge in [-0.3, -0.25) is 4.79 Å². The zero-order chi connectivity index (χ0) is 15.2. The van der Waals surface area contributed by atoms with Gasteiger partial charge in [-0.05, 0) is 57.5 Å². The summed E-state index contributed by atoms with van der Waals surface area (Å²) in [5, 5.41) is 2.75. The Morgan fingerprint density at radius 1 is 1.48 bits per heavy atom. The minimum absolute atomic E-state index is 0.0503. The standard InChI is InChI=1S/C16H24FN3O/c1-12-5-2-3-9-20(12)10-4-6-16(21)19-13-7-8-14(17)15(18)11-13/h7-8,11-12H,2-6,9-10,18H2,1H3,(H,19,21). The van der Waals surface area contributed by atoms with Crippen molar-refractivity contribution in [2.24, 2.45) is 0 Å².